The van der Waals surface area contributed by atoms with Gasteiger partial charge in [0.2, 0.25) is 0 Å². The highest BCUT2D eigenvalue weighted by molar-refractivity contribution is 5.88. The van der Waals surface area contributed by atoms with Gasteiger partial charge < -0.3 is 5.32 Å². The number of carbonyl (C=O) groups is 1. The summed E-state index contributed by atoms with van der Waals surface area (Å²) in [6.07, 6.45) is 2.40. The van der Waals surface area contributed by atoms with Crippen molar-refractivity contribution in [3.05, 3.63) is 29.8 Å². The summed E-state index contributed by atoms with van der Waals surface area (Å²) in [6.45, 7) is 4.22. The number of nitrogens with one attached hydrogen (secondary N) is 2. The van der Waals surface area contributed by atoms with E-state index < -0.39 is 0 Å². The van der Waals surface area contributed by atoms with Crippen LogP contribution in [0.15, 0.2) is 29.4 Å². The molecule has 4 nitrogen and oxygen atoms in total. The second kappa shape index (κ2) is 5.67. The van der Waals surface area contributed by atoms with Crippen molar-refractivity contribution < 1.29 is 4.79 Å². The van der Waals surface area contributed by atoms with E-state index in [-0.39, 0.29) is 12.5 Å². The van der Waals surface area contributed by atoms with Crippen LogP contribution in [0.5, 0.6) is 0 Å². The van der Waals surface area contributed by atoms with Gasteiger partial charge in [0, 0.05) is 11.4 Å². The third-order valence-electron chi connectivity index (χ3n) is 3.11. The molecule has 4 heteroatoms. The first-order chi connectivity index (χ1) is 8.66. The van der Waals surface area contributed by atoms with Crippen molar-refractivity contribution >= 4 is 17.3 Å². The van der Waals surface area contributed by atoms with E-state index in [0.717, 1.165) is 17.0 Å². The Kier molecular flexibility index (Phi) is 3.97. The van der Waals surface area contributed by atoms with E-state index in [9.17, 15) is 4.79 Å². The molecular formula is C14H19N3O. The molecule has 1 saturated carbocycles. The molecule has 2 N–H and O–H groups in total. The van der Waals surface area contributed by atoms with E-state index in [1.165, 1.54) is 12.8 Å². The number of nitrogens with zero attached hydrogens (tertiary/aromatic N) is 1. The fourth-order valence-corrected chi connectivity index (χ4v) is 1.73. The predicted octanol–water partition coefficient (Wildman–Crippen LogP) is 2.31. The molecule has 0 bridgehead atoms. The zero-order chi connectivity index (χ0) is 13.0. The molecule has 0 atom stereocenters. The molecule has 0 aromatic heterocycles. The average molecular weight is 245 g/mol. The molecule has 0 saturated heterocycles. The summed E-state index contributed by atoms with van der Waals surface area (Å²) in [5, 5.41) is 7.20. The number of aryl methyl sites for hydroxylation is 1. The van der Waals surface area contributed by atoms with Gasteiger partial charge in [-0.1, -0.05) is 18.2 Å². The lowest BCUT2D eigenvalue weighted by atomic mass is 10.2. The predicted molar refractivity (Wildman–Crippen MR) is 73.6 cm³/mol. The Balaban J connectivity index is 1.78. The summed E-state index contributed by atoms with van der Waals surface area (Å²) >= 11 is 0. The Bertz CT molecular complexity index is 464. The van der Waals surface area contributed by atoms with Gasteiger partial charge in [-0.3, -0.25) is 4.79 Å². The number of hydrogen-bond acceptors (Lipinski definition) is 3. The fraction of sp³-hybridized carbons (Fsp3) is 0.429. The van der Waals surface area contributed by atoms with E-state index in [1.807, 2.05) is 38.1 Å². The molecule has 0 unspecified atom stereocenters. The van der Waals surface area contributed by atoms with Gasteiger partial charge in [-0.15, -0.1) is 0 Å². The lowest BCUT2D eigenvalue weighted by Crippen LogP contribution is -2.27. The second-order valence-electron chi connectivity index (χ2n) is 4.73. The van der Waals surface area contributed by atoms with Crippen LogP contribution >= 0.6 is 0 Å². The topological polar surface area (TPSA) is 53.5 Å². The third kappa shape index (κ3) is 3.58. The Hall–Kier alpha value is -1.84. The molecule has 1 aliphatic carbocycles. The van der Waals surface area contributed by atoms with Gasteiger partial charge in [0.25, 0.3) is 5.91 Å². The normalized spacial score (nSPS) is 15.3. The third-order valence-corrected chi connectivity index (χ3v) is 3.11. The van der Waals surface area contributed by atoms with Gasteiger partial charge in [0.1, 0.15) is 0 Å². The van der Waals surface area contributed by atoms with Crippen LogP contribution in [0, 0.1) is 12.8 Å². The van der Waals surface area contributed by atoms with Crippen molar-refractivity contribution in [2.24, 2.45) is 11.0 Å². The summed E-state index contributed by atoms with van der Waals surface area (Å²) in [4.78, 5) is 11.6. The summed E-state index contributed by atoms with van der Waals surface area (Å²) in [6, 6.07) is 7.89. The molecule has 1 aromatic carbocycles. The van der Waals surface area contributed by atoms with E-state index in [1.54, 1.807) is 0 Å². The largest absolute Gasteiger partial charge is 0.376 e. The molecule has 0 heterocycles. The minimum absolute atomic E-state index is 0.113. The Morgan fingerprint density at radius 1 is 1.39 bits per heavy atom. The molecule has 0 spiro atoms. The zero-order valence-electron chi connectivity index (χ0n) is 10.9. The molecule has 1 aromatic rings. The quantitative estimate of drug-likeness (QED) is 0.618. The molecule has 18 heavy (non-hydrogen) atoms. The highest BCUT2D eigenvalue weighted by atomic mass is 16.2. The van der Waals surface area contributed by atoms with Gasteiger partial charge in [-0.25, -0.2) is 5.43 Å². The number of benzene rings is 1. The lowest BCUT2D eigenvalue weighted by molar-refractivity contribution is -0.119. The van der Waals surface area contributed by atoms with Crippen molar-refractivity contribution in [1.29, 1.82) is 0 Å². The molecule has 96 valence electrons. The number of para-hydroxylation sites is 1. The first-order valence-electron chi connectivity index (χ1n) is 6.29. The summed E-state index contributed by atoms with van der Waals surface area (Å²) in [5.74, 6) is 0.480. The van der Waals surface area contributed by atoms with E-state index >= 15 is 0 Å². The molecule has 0 radical (unpaired) electrons. The first-order valence-corrected chi connectivity index (χ1v) is 6.29. The van der Waals surface area contributed by atoms with Crippen molar-refractivity contribution in [1.82, 2.24) is 5.43 Å². The van der Waals surface area contributed by atoms with Crippen molar-refractivity contribution in [2.45, 2.75) is 26.7 Å². The summed E-state index contributed by atoms with van der Waals surface area (Å²) in [7, 11) is 0. The van der Waals surface area contributed by atoms with Crippen molar-refractivity contribution in [3.8, 4) is 0 Å². The Labute approximate surface area is 107 Å². The minimum Gasteiger partial charge on any atom is -0.376 e. The van der Waals surface area contributed by atoms with Crippen LogP contribution in [0.4, 0.5) is 5.69 Å². The monoisotopic (exact) mass is 245 g/mol. The zero-order valence-corrected chi connectivity index (χ0v) is 10.9. The summed E-state index contributed by atoms with van der Waals surface area (Å²) in [5.41, 5.74) is 5.72. The maximum atomic E-state index is 11.6. The van der Waals surface area contributed by atoms with Crippen LogP contribution < -0.4 is 10.7 Å². The molecule has 1 fully saturated rings. The molecule has 2 rings (SSSR count). The maximum Gasteiger partial charge on any atom is 0.259 e. The van der Waals surface area contributed by atoms with Crippen LogP contribution in [0.1, 0.15) is 25.3 Å². The van der Waals surface area contributed by atoms with Gasteiger partial charge in [-0.2, -0.15) is 5.10 Å². The SMILES string of the molecule is CC(=NNC(=O)CNc1ccccc1C)C1CC1. The van der Waals surface area contributed by atoms with Crippen molar-refractivity contribution in [3.63, 3.8) is 0 Å². The molecule has 0 aliphatic heterocycles. The molecule has 1 amide bonds. The highest BCUT2D eigenvalue weighted by Gasteiger charge is 2.24. The number of amides is 1. The van der Waals surface area contributed by atoms with Gasteiger partial charge in [0.05, 0.1) is 6.54 Å². The maximum absolute atomic E-state index is 11.6. The van der Waals surface area contributed by atoms with E-state index in [0.29, 0.717) is 5.92 Å². The number of anilines is 1. The van der Waals surface area contributed by atoms with Crippen LogP contribution in [0.25, 0.3) is 0 Å². The number of carbonyl (C=O) groups excluding carboxylic acids is 1. The number of hydrogen-bond donors (Lipinski definition) is 2. The smallest absolute Gasteiger partial charge is 0.259 e. The second-order valence-corrected chi connectivity index (χ2v) is 4.73. The van der Waals surface area contributed by atoms with Crippen LogP contribution in [-0.2, 0) is 4.79 Å². The highest BCUT2D eigenvalue weighted by Crippen LogP contribution is 2.30. The van der Waals surface area contributed by atoms with Gasteiger partial charge >= 0.3 is 0 Å². The summed E-state index contributed by atoms with van der Waals surface area (Å²) < 4.78 is 0. The van der Waals surface area contributed by atoms with Crippen LogP contribution in [-0.4, -0.2) is 18.2 Å². The lowest BCUT2D eigenvalue weighted by Gasteiger charge is -2.08. The Morgan fingerprint density at radius 2 is 2.11 bits per heavy atom. The first kappa shape index (κ1) is 12.6. The average Bonchev–Trinajstić information content (AvgIpc) is 3.19. The number of hydrazone groups is 1. The van der Waals surface area contributed by atoms with Crippen LogP contribution in [0.2, 0.25) is 0 Å². The molecular weight excluding hydrogens is 226 g/mol. The van der Waals surface area contributed by atoms with Gasteiger partial charge in [-0.05, 0) is 44.2 Å². The Morgan fingerprint density at radius 3 is 2.78 bits per heavy atom. The van der Waals surface area contributed by atoms with Crippen LogP contribution in [0.3, 0.4) is 0 Å². The van der Waals surface area contributed by atoms with E-state index in [4.69, 9.17) is 0 Å². The van der Waals surface area contributed by atoms with Crippen molar-refractivity contribution in [2.75, 3.05) is 11.9 Å². The van der Waals surface area contributed by atoms with Gasteiger partial charge in [0.15, 0.2) is 0 Å². The molecule has 1 aliphatic rings. The fourth-order valence-electron chi connectivity index (χ4n) is 1.73. The van der Waals surface area contributed by atoms with E-state index in [2.05, 4.69) is 15.8 Å². The standard InChI is InChI=1S/C14H19N3O/c1-10-5-3-4-6-13(10)15-9-14(18)17-16-11(2)12-7-8-12/h3-6,12,15H,7-9H2,1-2H3,(H,17,18). The number of rotatable bonds is 5. The minimum atomic E-state index is -0.113.